The third-order valence-electron chi connectivity index (χ3n) is 2.02. The molecule has 0 amide bonds. The Morgan fingerprint density at radius 3 is 2.60 bits per heavy atom. The number of benzene rings is 1. The highest BCUT2D eigenvalue weighted by molar-refractivity contribution is 14.1. The lowest BCUT2D eigenvalue weighted by molar-refractivity contribution is 0.398. The summed E-state index contributed by atoms with van der Waals surface area (Å²) in [4.78, 5) is 4.08. The van der Waals surface area contributed by atoms with E-state index in [1.165, 1.54) is 5.39 Å². The maximum atomic E-state index is 4.27. The number of para-hydroxylation sites is 1. The van der Waals surface area contributed by atoms with E-state index in [9.17, 15) is 0 Å². The number of nitrogens with zero attached hydrogens (tertiary/aromatic N) is 2. The highest BCUT2D eigenvalue weighted by atomic mass is 127. The summed E-state index contributed by atoms with van der Waals surface area (Å²) in [5.41, 5.74) is 2.22. The van der Waals surface area contributed by atoms with E-state index >= 15 is 0 Å². The molecule has 0 bridgehead atoms. The van der Waals surface area contributed by atoms with Crippen LogP contribution in [0, 0.1) is 0 Å². The number of fused-ring (bicyclic) bond motifs is 1. The first-order chi connectivity index (χ1) is 7.27. The molecule has 15 heavy (non-hydrogen) atoms. The molecule has 2 rings (SSSR count). The maximum absolute atomic E-state index is 4.27. The summed E-state index contributed by atoms with van der Waals surface area (Å²) in [7, 11) is 4.09. The van der Waals surface area contributed by atoms with Gasteiger partial charge in [0.25, 0.3) is 0 Å². The monoisotopic (exact) mass is 317 g/mol. The first-order valence-corrected chi connectivity index (χ1v) is 6.87. The van der Waals surface area contributed by atoms with E-state index in [2.05, 4.69) is 43.8 Å². The molecule has 0 aliphatic heterocycles. The lowest BCUT2D eigenvalue weighted by Gasteiger charge is -2.06. The Hall–Kier alpha value is -0.620. The topological polar surface area (TPSA) is 31.9 Å². The van der Waals surface area contributed by atoms with Crippen LogP contribution >= 0.6 is 22.6 Å². The first-order valence-electron chi connectivity index (χ1n) is 4.72. The van der Waals surface area contributed by atoms with Gasteiger partial charge in [0, 0.05) is 11.9 Å². The van der Waals surface area contributed by atoms with Crippen molar-refractivity contribution in [2.24, 2.45) is 0 Å². The van der Waals surface area contributed by atoms with Crippen LogP contribution in [0.5, 0.6) is 0 Å². The van der Waals surface area contributed by atoms with Crippen molar-refractivity contribution in [2.75, 3.05) is 19.0 Å². The van der Waals surface area contributed by atoms with Crippen LogP contribution < -0.4 is 0 Å². The third kappa shape index (κ3) is 3.17. The zero-order chi connectivity index (χ0) is 11.3. The van der Waals surface area contributed by atoms with Gasteiger partial charge in [-0.05, 0) is 25.1 Å². The molecule has 1 heterocycles. The average Bonchev–Trinajstić information content (AvgIpc) is 2.64. The Labute approximate surface area is 104 Å². The van der Waals surface area contributed by atoms with Crippen LogP contribution in [-0.2, 0) is 6.54 Å². The second-order valence-corrected chi connectivity index (χ2v) is 3.45. The van der Waals surface area contributed by atoms with Crippen molar-refractivity contribution in [3.8, 4) is 0 Å². The Kier molecular flexibility index (Phi) is 5.04. The van der Waals surface area contributed by atoms with Gasteiger partial charge in [-0.25, -0.2) is 0 Å². The molecule has 1 aromatic carbocycles. The van der Waals surface area contributed by atoms with Gasteiger partial charge in [-0.3, -0.25) is 5.10 Å². The number of hydrogen-bond acceptors (Lipinski definition) is 2. The lowest BCUT2D eigenvalue weighted by Crippen LogP contribution is -2.11. The number of halogens is 1. The molecule has 0 aliphatic rings. The number of aromatic amines is 1. The van der Waals surface area contributed by atoms with E-state index in [0.29, 0.717) is 0 Å². The molecule has 82 valence electrons. The molecule has 0 saturated carbocycles. The normalized spacial score (nSPS) is 10.2. The van der Waals surface area contributed by atoms with E-state index in [1.807, 2.05) is 37.2 Å². The van der Waals surface area contributed by atoms with Gasteiger partial charge in [0.15, 0.2) is 0 Å². The van der Waals surface area contributed by atoms with Crippen molar-refractivity contribution < 1.29 is 0 Å². The SMILES string of the molecule is CI.CN(C)Cc1n[nH]c2ccccc12. The molecule has 3 nitrogen and oxygen atoms in total. The smallest absolute Gasteiger partial charge is 0.0840 e. The number of aromatic nitrogens is 2. The minimum Gasteiger partial charge on any atom is -0.303 e. The number of hydrogen-bond donors (Lipinski definition) is 1. The highest BCUT2D eigenvalue weighted by Gasteiger charge is 2.04. The summed E-state index contributed by atoms with van der Waals surface area (Å²) < 4.78 is 0. The van der Waals surface area contributed by atoms with Gasteiger partial charge in [0.2, 0.25) is 0 Å². The predicted octanol–water partition coefficient (Wildman–Crippen LogP) is 2.68. The summed E-state index contributed by atoms with van der Waals surface area (Å²) in [6, 6.07) is 8.19. The van der Waals surface area contributed by atoms with Gasteiger partial charge >= 0.3 is 0 Å². The van der Waals surface area contributed by atoms with E-state index in [1.54, 1.807) is 0 Å². The first kappa shape index (κ1) is 12.4. The molecular weight excluding hydrogens is 301 g/mol. The van der Waals surface area contributed by atoms with Crippen molar-refractivity contribution in [3.05, 3.63) is 30.0 Å². The van der Waals surface area contributed by atoms with Crippen molar-refractivity contribution in [1.29, 1.82) is 0 Å². The minimum absolute atomic E-state index is 0.879. The standard InChI is InChI=1S/C10H13N3.CH3I/c1-13(2)7-10-8-5-3-4-6-9(8)11-12-10;1-2/h3-6H,7H2,1-2H3,(H,11,12);1H3. The molecule has 0 radical (unpaired) electrons. The molecule has 0 fully saturated rings. The third-order valence-corrected chi connectivity index (χ3v) is 2.02. The summed E-state index contributed by atoms with van der Waals surface area (Å²) in [6.07, 6.45) is 0. The lowest BCUT2D eigenvalue weighted by atomic mass is 10.2. The summed E-state index contributed by atoms with van der Waals surface area (Å²) in [5, 5.41) is 8.50. The van der Waals surface area contributed by atoms with E-state index in [4.69, 9.17) is 0 Å². The molecule has 0 atom stereocenters. The summed E-state index contributed by atoms with van der Waals surface area (Å²) >= 11 is 2.15. The maximum Gasteiger partial charge on any atom is 0.0840 e. The van der Waals surface area contributed by atoms with Crippen molar-refractivity contribution >= 4 is 33.5 Å². The fourth-order valence-electron chi connectivity index (χ4n) is 1.44. The Morgan fingerprint density at radius 2 is 1.93 bits per heavy atom. The Morgan fingerprint density at radius 1 is 1.27 bits per heavy atom. The van der Waals surface area contributed by atoms with Gasteiger partial charge < -0.3 is 4.90 Å². The van der Waals surface area contributed by atoms with Crippen LogP contribution in [0.15, 0.2) is 24.3 Å². The van der Waals surface area contributed by atoms with Crippen LogP contribution in [0.25, 0.3) is 10.9 Å². The number of alkyl halides is 1. The molecule has 1 N–H and O–H groups in total. The van der Waals surface area contributed by atoms with E-state index in [0.717, 1.165) is 17.8 Å². The van der Waals surface area contributed by atoms with Gasteiger partial charge in [-0.1, -0.05) is 40.8 Å². The molecule has 0 spiro atoms. The van der Waals surface area contributed by atoms with Crippen LogP contribution in [0.1, 0.15) is 5.69 Å². The fourth-order valence-corrected chi connectivity index (χ4v) is 1.44. The van der Waals surface area contributed by atoms with E-state index < -0.39 is 0 Å². The fraction of sp³-hybridized carbons (Fsp3) is 0.364. The molecule has 1 aromatic heterocycles. The molecule has 0 aliphatic carbocycles. The second kappa shape index (κ2) is 6.07. The molecule has 4 heteroatoms. The largest absolute Gasteiger partial charge is 0.303 e. The molecule has 0 unspecified atom stereocenters. The minimum atomic E-state index is 0.879. The van der Waals surface area contributed by atoms with Gasteiger partial charge in [0.1, 0.15) is 0 Å². The van der Waals surface area contributed by atoms with Crippen molar-refractivity contribution in [2.45, 2.75) is 6.54 Å². The Balaban J connectivity index is 0.000000531. The Bertz CT molecular complexity index is 409. The average molecular weight is 317 g/mol. The zero-order valence-electron chi connectivity index (χ0n) is 9.29. The molecular formula is C11H16IN3. The van der Waals surface area contributed by atoms with Gasteiger partial charge in [0.05, 0.1) is 11.2 Å². The van der Waals surface area contributed by atoms with Gasteiger partial charge in [-0.2, -0.15) is 5.10 Å². The summed E-state index contributed by atoms with van der Waals surface area (Å²) in [5.74, 6) is 0. The van der Waals surface area contributed by atoms with Gasteiger partial charge in [-0.15, -0.1) is 0 Å². The molecule has 0 saturated heterocycles. The van der Waals surface area contributed by atoms with Crippen LogP contribution in [0.3, 0.4) is 0 Å². The number of rotatable bonds is 2. The van der Waals surface area contributed by atoms with Crippen LogP contribution in [0.4, 0.5) is 0 Å². The number of nitrogens with one attached hydrogen (secondary N) is 1. The van der Waals surface area contributed by atoms with Crippen molar-refractivity contribution in [1.82, 2.24) is 15.1 Å². The number of H-pyrrole nitrogens is 1. The summed E-state index contributed by atoms with van der Waals surface area (Å²) in [6.45, 7) is 0.879. The van der Waals surface area contributed by atoms with E-state index in [-0.39, 0.29) is 0 Å². The second-order valence-electron chi connectivity index (χ2n) is 3.45. The van der Waals surface area contributed by atoms with Crippen molar-refractivity contribution in [3.63, 3.8) is 0 Å². The molecule has 2 aromatic rings. The zero-order valence-corrected chi connectivity index (χ0v) is 11.4. The van der Waals surface area contributed by atoms with Crippen LogP contribution in [-0.4, -0.2) is 34.1 Å². The predicted molar refractivity (Wildman–Crippen MR) is 73.4 cm³/mol. The quantitative estimate of drug-likeness (QED) is 0.682. The highest BCUT2D eigenvalue weighted by Crippen LogP contribution is 2.15. The van der Waals surface area contributed by atoms with Crippen LogP contribution in [0.2, 0.25) is 0 Å².